The highest BCUT2D eigenvalue weighted by Crippen LogP contribution is 2.33. The molecule has 24 heavy (non-hydrogen) atoms. The summed E-state index contributed by atoms with van der Waals surface area (Å²) in [6.07, 6.45) is 1.31. The zero-order chi connectivity index (χ0) is 17.3. The number of carbonyl (C=O) groups is 1. The van der Waals surface area contributed by atoms with E-state index in [1.807, 2.05) is 32.0 Å². The highest BCUT2D eigenvalue weighted by Gasteiger charge is 2.15. The minimum atomic E-state index is -1.04. The summed E-state index contributed by atoms with van der Waals surface area (Å²) >= 11 is 0. The summed E-state index contributed by atoms with van der Waals surface area (Å²) in [7, 11) is 0. The molecule has 0 saturated carbocycles. The summed E-state index contributed by atoms with van der Waals surface area (Å²) in [6.45, 7) is 4.03. The van der Waals surface area contributed by atoms with Gasteiger partial charge in [0.1, 0.15) is 11.5 Å². The summed E-state index contributed by atoms with van der Waals surface area (Å²) in [5.74, 6) is -0.535. The first-order valence-electron chi connectivity index (χ1n) is 7.40. The number of benzene rings is 2. The Bertz CT molecular complexity index is 963. The van der Waals surface area contributed by atoms with Gasteiger partial charge < -0.3 is 10.1 Å². The number of imidazole rings is 1. The fourth-order valence-electron chi connectivity index (χ4n) is 2.54. The average Bonchev–Trinajstić information content (AvgIpc) is 3.07. The van der Waals surface area contributed by atoms with E-state index in [0.717, 1.165) is 27.8 Å². The van der Waals surface area contributed by atoms with Crippen LogP contribution in [0.3, 0.4) is 0 Å². The number of aryl methyl sites for hydroxylation is 2. The molecule has 2 N–H and O–H groups in total. The van der Waals surface area contributed by atoms with E-state index >= 15 is 0 Å². The Morgan fingerprint density at radius 2 is 1.75 bits per heavy atom. The molecular formula is C19H15N3O2. The summed E-state index contributed by atoms with van der Waals surface area (Å²) in [4.78, 5) is 18.1. The molecule has 3 rings (SSSR count). The number of nitrogens with zero attached hydrogens (tertiary/aromatic N) is 2. The van der Waals surface area contributed by atoms with Crippen LogP contribution >= 0.6 is 0 Å². The maximum Gasteiger partial charge on any atom is 0.353 e. The molecule has 5 heteroatoms. The number of hydrogen-bond donors (Lipinski definition) is 2. The molecule has 0 fully saturated rings. The third-order valence-corrected chi connectivity index (χ3v) is 4.02. The fourth-order valence-corrected chi connectivity index (χ4v) is 2.54. The molecule has 0 saturated heterocycles. The van der Waals surface area contributed by atoms with Crippen LogP contribution in [0, 0.1) is 25.2 Å². The van der Waals surface area contributed by atoms with E-state index in [2.05, 4.69) is 22.1 Å². The van der Waals surface area contributed by atoms with Crippen LogP contribution in [0.1, 0.15) is 27.2 Å². The van der Waals surface area contributed by atoms with Gasteiger partial charge in [0.25, 0.3) is 0 Å². The normalized spacial score (nSPS) is 10.4. The fraction of sp³-hybridized carbons (Fsp3) is 0.105. The Kier molecular flexibility index (Phi) is 3.88. The van der Waals surface area contributed by atoms with Crippen LogP contribution in [-0.4, -0.2) is 21.0 Å². The van der Waals surface area contributed by atoms with Gasteiger partial charge in [-0.1, -0.05) is 18.2 Å². The van der Waals surface area contributed by atoms with E-state index in [0.29, 0.717) is 11.4 Å². The molecule has 3 aromatic rings. The van der Waals surface area contributed by atoms with Crippen LogP contribution in [0.2, 0.25) is 0 Å². The van der Waals surface area contributed by atoms with Crippen molar-refractivity contribution in [1.82, 2.24) is 9.97 Å². The number of H-pyrrole nitrogens is 1. The number of aromatic nitrogens is 2. The van der Waals surface area contributed by atoms with Crippen molar-refractivity contribution in [1.29, 1.82) is 5.26 Å². The number of nitriles is 1. The number of aromatic carboxylic acids is 1. The number of carboxylic acid groups (broad SMARTS) is 1. The lowest BCUT2D eigenvalue weighted by molar-refractivity contribution is 0.0691. The van der Waals surface area contributed by atoms with Gasteiger partial charge in [0.2, 0.25) is 0 Å². The smallest absolute Gasteiger partial charge is 0.353 e. The van der Waals surface area contributed by atoms with E-state index < -0.39 is 5.97 Å². The lowest BCUT2D eigenvalue weighted by atomic mass is 9.94. The quantitative estimate of drug-likeness (QED) is 0.766. The zero-order valence-corrected chi connectivity index (χ0v) is 13.3. The molecule has 1 aromatic heterocycles. The summed E-state index contributed by atoms with van der Waals surface area (Å²) in [6, 6.07) is 13.4. The van der Waals surface area contributed by atoms with Crippen LogP contribution in [0.5, 0.6) is 0 Å². The average molecular weight is 317 g/mol. The van der Waals surface area contributed by atoms with Gasteiger partial charge in [0.05, 0.1) is 17.8 Å². The first-order valence-corrected chi connectivity index (χ1v) is 7.40. The molecule has 5 nitrogen and oxygen atoms in total. The van der Waals surface area contributed by atoms with Gasteiger partial charge in [-0.15, -0.1) is 0 Å². The Morgan fingerprint density at radius 3 is 2.29 bits per heavy atom. The first kappa shape index (κ1) is 15.5. The predicted octanol–water partition coefficient (Wildman–Crippen LogP) is 3.93. The lowest BCUT2D eigenvalue weighted by Crippen LogP contribution is -1.96. The van der Waals surface area contributed by atoms with E-state index in [1.165, 1.54) is 6.20 Å². The molecule has 0 spiro atoms. The number of hydrogen-bond acceptors (Lipinski definition) is 3. The van der Waals surface area contributed by atoms with Crippen molar-refractivity contribution in [3.8, 4) is 28.6 Å². The molecule has 0 bridgehead atoms. The van der Waals surface area contributed by atoms with Gasteiger partial charge in [0, 0.05) is 5.56 Å². The third-order valence-electron chi connectivity index (χ3n) is 4.02. The summed E-state index contributed by atoms with van der Waals surface area (Å²) in [5, 5.41) is 18.0. The van der Waals surface area contributed by atoms with Gasteiger partial charge >= 0.3 is 5.97 Å². The van der Waals surface area contributed by atoms with Crippen molar-refractivity contribution in [2.75, 3.05) is 0 Å². The number of carboxylic acids is 1. The number of nitrogens with one attached hydrogen (secondary N) is 1. The molecule has 0 aliphatic carbocycles. The largest absolute Gasteiger partial charge is 0.477 e. The molecule has 0 aliphatic heterocycles. The van der Waals surface area contributed by atoms with Crippen molar-refractivity contribution in [3.63, 3.8) is 0 Å². The Balaban J connectivity index is 2.18. The van der Waals surface area contributed by atoms with Crippen LogP contribution in [0.15, 0.2) is 42.6 Å². The predicted molar refractivity (Wildman–Crippen MR) is 90.6 cm³/mol. The minimum absolute atomic E-state index is 0.0500. The third kappa shape index (κ3) is 2.77. The highest BCUT2D eigenvalue weighted by atomic mass is 16.4. The Morgan fingerprint density at radius 1 is 1.12 bits per heavy atom. The summed E-state index contributed by atoms with van der Waals surface area (Å²) < 4.78 is 0. The van der Waals surface area contributed by atoms with E-state index in [9.17, 15) is 4.79 Å². The second-order valence-electron chi connectivity index (χ2n) is 5.62. The van der Waals surface area contributed by atoms with Gasteiger partial charge in [-0.2, -0.15) is 5.26 Å². The molecule has 0 amide bonds. The summed E-state index contributed by atoms with van der Waals surface area (Å²) in [5.41, 5.74) is 5.58. The SMILES string of the molecule is Cc1cc(-c2ccc(C#N)cc2)c(-c2ncc(C(=O)O)[nH]2)cc1C. The van der Waals surface area contributed by atoms with Crippen LogP contribution in [-0.2, 0) is 0 Å². The molecule has 2 aromatic carbocycles. The second-order valence-corrected chi connectivity index (χ2v) is 5.62. The first-order chi connectivity index (χ1) is 11.5. The molecule has 0 unspecified atom stereocenters. The molecule has 1 heterocycles. The highest BCUT2D eigenvalue weighted by molar-refractivity contribution is 5.87. The standard InChI is InChI=1S/C19H15N3O2/c1-11-7-15(14-5-3-13(9-20)4-6-14)16(8-12(11)2)18-21-10-17(22-18)19(23)24/h3-8,10H,1-2H3,(H,21,22)(H,23,24). The van der Waals surface area contributed by atoms with Gasteiger partial charge in [-0.05, 0) is 54.3 Å². The van der Waals surface area contributed by atoms with E-state index in [1.54, 1.807) is 12.1 Å². The van der Waals surface area contributed by atoms with Gasteiger partial charge in [-0.3, -0.25) is 0 Å². The maximum atomic E-state index is 11.1. The molecular weight excluding hydrogens is 302 g/mol. The minimum Gasteiger partial charge on any atom is -0.477 e. The number of aromatic amines is 1. The second kappa shape index (κ2) is 6.01. The van der Waals surface area contributed by atoms with Crippen molar-refractivity contribution in [3.05, 3.63) is 65.0 Å². The zero-order valence-electron chi connectivity index (χ0n) is 13.3. The van der Waals surface area contributed by atoms with E-state index in [4.69, 9.17) is 10.4 Å². The monoisotopic (exact) mass is 317 g/mol. The van der Waals surface area contributed by atoms with Crippen molar-refractivity contribution >= 4 is 5.97 Å². The molecule has 0 radical (unpaired) electrons. The van der Waals surface area contributed by atoms with Crippen molar-refractivity contribution in [2.24, 2.45) is 0 Å². The van der Waals surface area contributed by atoms with Crippen molar-refractivity contribution < 1.29 is 9.90 Å². The lowest BCUT2D eigenvalue weighted by Gasteiger charge is -2.12. The van der Waals surface area contributed by atoms with Gasteiger partial charge in [-0.25, -0.2) is 9.78 Å². The van der Waals surface area contributed by atoms with Crippen LogP contribution in [0.4, 0.5) is 0 Å². The molecule has 0 atom stereocenters. The van der Waals surface area contributed by atoms with Crippen LogP contribution < -0.4 is 0 Å². The molecule has 118 valence electrons. The number of rotatable bonds is 3. The molecule has 0 aliphatic rings. The Labute approximate surface area is 139 Å². The van der Waals surface area contributed by atoms with Crippen LogP contribution in [0.25, 0.3) is 22.5 Å². The van der Waals surface area contributed by atoms with E-state index in [-0.39, 0.29) is 5.69 Å². The van der Waals surface area contributed by atoms with Gasteiger partial charge in [0.15, 0.2) is 0 Å². The maximum absolute atomic E-state index is 11.1. The topological polar surface area (TPSA) is 89.8 Å². The van der Waals surface area contributed by atoms with Crippen molar-refractivity contribution in [2.45, 2.75) is 13.8 Å². The Hall–Kier alpha value is -3.39.